The van der Waals surface area contributed by atoms with Crippen molar-refractivity contribution in [3.8, 4) is 0 Å². The predicted molar refractivity (Wildman–Crippen MR) is 107 cm³/mol. The van der Waals surface area contributed by atoms with Crippen LogP contribution in [0.25, 0.3) is 0 Å². The van der Waals surface area contributed by atoms with Gasteiger partial charge in [0.1, 0.15) is 17.7 Å². The number of nitrogens with one attached hydrogen (secondary N) is 1. The van der Waals surface area contributed by atoms with Gasteiger partial charge in [0.25, 0.3) is 0 Å². The molecule has 0 unspecified atom stereocenters. The third-order valence-electron chi connectivity index (χ3n) is 5.80. The molecule has 3 atom stereocenters. The molecule has 0 spiro atoms. The van der Waals surface area contributed by atoms with Crippen molar-refractivity contribution in [3.63, 3.8) is 0 Å². The van der Waals surface area contributed by atoms with E-state index in [4.69, 9.17) is 4.74 Å². The number of benzene rings is 2. The van der Waals surface area contributed by atoms with Crippen LogP contribution >= 0.6 is 0 Å². The molecule has 1 amide bonds. The number of hydrogen-bond acceptors (Lipinski definition) is 5. The molecule has 0 saturated carbocycles. The molecule has 10 heteroatoms. The zero-order chi connectivity index (χ0) is 22.3. The van der Waals surface area contributed by atoms with E-state index in [1.165, 1.54) is 0 Å². The van der Waals surface area contributed by atoms with Crippen LogP contribution in [0.3, 0.4) is 0 Å². The monoisotopic (exact) mass is 452 g/mol. The minimum Gasteiger partial charge on any atom is -0.465 e. The van der Waals surface area contributed by atoms with Crippen molar-refractivity contribution in [1.82, 2.24) is 10.2 Å². The zero-order valence-corrected chi connectivity index (χ0v) is 17.5. The topological polar surface area (TPSA) is 95.9 Å². The number of amides is 1. The van der Waals surface area contributed by atoms with Crippen LogP contribution in [0.4, 0.5) is 13.6 Å². The van der Waals surface area contributed by atoms with Crippen molar-refractivity contribution in [2.24, 2.45) is 0 Å². The van der Waals surface area contributed by atoms with Crippen LogP contribution in [0, 0.1) is 11.6 Å². The van der Waals surface area contributed by atoms with Gasteiger partial charge in [-0.05, 0) is 47.9 Å². The highest BCUT2D eigenvalue weighted by Crippen LogP contribution is 2.35. The van der Waals surface area contributed by atoms with E-state index in [0.717, 1.165) is 35.6 Å². The third kappa shape index (κ3) is 4.56. The van der Waals surface area contributed by atoms with Crippen LogP contribution < -0.4 is 5.32 Å². The van der Waals surface area contributed by atoms with Gasteiger partial charge in [0.15, 0.2) is 9.84 Å². The fourth-order valence-electron chi connectivity index (χ4n) is 4.29. The summed E-state index contributed by atoms with van der Waals surface area (Å²) in [6, 6.07) is 7.08. The average Bonchev–Trinajstić information content (AvgIpc) is 3.12. The van der Waals surface area contributed by atoms with Gasteiger partial charge in [-0.1, -0.05) is 6.07 Å². The predicted octanol–water partition coefficient (Wildman–Crippen LogP) is 2.85. The van der Waals surface area contributed by atoms with Gasteiger partial charge in [-0.2, -0.15) is 0 Å². The molecular weight excluding hydrogens is 430 g/mol. The fourth-order valence-corrected chi connectivity index (χ4v) is 4.96. The maximum atomic E-state index is 14.3. The normalized spacial score (nSPS) is 24.0. The minimum atomic E-state index is -3.32. The molecule has 1 fully saturated rings. The summed E-state index contributed by atoms with van der Waals surface area (Å²) < 4.78 is 57.5. The summed E-state index contributed by atoms with van der Waals surface area (Å²) in [5.74, 6) is -1.29. The summed E-state index contributed by atoms with van der Waals surface area (Å²) in [7, 11) is -3.32. The van der Waals surface area contributed by atoms with Gasteiger partial charge >= 0.3 is 6.09 Å². The SMILES string of the molecule is CS(=O)(=O)c1ccc2c(c1)CN([C@H]1CO[C@H](c3cc(F)ccc3F)[C@@H](NC(=O)O)C1)C2. The number of fused-ring (bicyclic) bond motifs is 1. The molecule has 0 bridgehead atoms. The molecule has 166 valence electrons. The first-order chi connectivity index (χ1) is 14.6. The van der Waals surface area contributed by atoms with E-state index in [-0.39, 0.29) is 23.1 Å². The van der Waals surface area contributed by atoms with Crippen molar-refractivity contribution < 1.29 is 31.8 Å². The maximum absolute atomic E-state index is 14.3. The van der Waals surface area contributed by atoms with E-state index >= 15 is 0 Å². The van der Waals surface area contributed by atoms with Crippen molar-refractivity contribution in [3.05, 3.63) is 64.7 Å². The highest BCUT2D eigenvalue weighted by Gasteiger charge is 2.39. The highest BCUT2D eigenvalue weighted by atomic mass is 32.2. The molecule has 2 aliphatic heterocycles. The Bertz CT molecular complexity index is 1120. The van der Waals surface area contributed by atoms with Gasteiger partial charge in [-0.25, -0.2) is 22.0 Å². The summed E-state index contributed by atoms with van der Waals surface area (Å²) >= 11 is 0. The molecule has 0 radical (unpaired) electrons. The molecule has 2 aromatic carbocycles. The molecule has 2 heterocycles. The number of carboxylic acid groups (broad SMARTS) is 1. The molecule has 2 aromatic rings. The van der Waals surface area contributed by atoms with Gasteiger partial charge in [-0.3, -0.25) is 4.90 Å². The number of carbonyl (C=O) groups is 1. The van der Waals surface area contributed by atoms with Gasteiger partial charge in [0.05, 0.1) is 17.5 Å². The molecular formula is C21H22F2N2O5S. The summed E-state index contributed by atoms with van der Waals surface area (Å²) in [5, 5.41) is 11.6. The van der Waals surface area contributed by atoms with Crippen molar-refractivity contribution in [2.45, 2.75) is 42.6 Å². The van der Waals surface area contributed by atoms with Gasteiger partial charge in [0.2, 0.25) is 0 Å². The summed E-state index contributed by atoms with van der Waals surface area (Å²) in [6.45, 7) is 1.25. The van der Waals surface area contributed by atoms with Crippen LogP contribution in [-0.2, 0) is 27.7 Å². The van der Waals surface area contributed by atoms with E-state index in [1.807, 2.05) is 0 Å². The first kappa shape index (κ1) is 21.7. The molecule has 31 heavy (non-hydrogen) atoms. The standard InChI is InChI=1S/C21H22F2N2O5S/c1-31(28,29)16-4-2-12-9-25(10-13(12)6-16)15-8-19(24-21(26)27)20(30-11-15)17-7-14(22)3-5-18(17)23/h2-7,15,19-20,24H,8-11H2,1H3,(H,26,27)/t15-,19+,20-/m1/s1. The Hall–Kier alpha value is -2.56. The molecule has 0 aliphatic carbocycles. The molecule has 4 rings (SSSR count). The molecule has 0 aromatic heterocycles. The lowest BCUT2D eigenvalue weighted by atomic mass is 9.92. The lowest BCUT2D eigenvalue weighted by Gasteiger charge is -2.40. The second kappa shape index (κ2) is 8.18. The Balaban J connectivity index is 1.54. The first-order valence-electron chi connectivity index (χ1n) is 9.74. The van der Waals surface area contributed by atoms with E-state index < -0.39 is 39.7 Å². The summed E-state index contributed by atoms with van der Waals surface area (Å²) in [4.78, 5) is 13.7. The zero-order valence-electron chi connectivity index (χ0n) is 16.7. The van der Waals surface area contributed by atoms with E-state index in [0.29, 0.717) is 19.5 Å². The molecule has 7 nitrogen and oxygen atoms in total. The van der Waals surface area contributed by atoms with Crippen molar-refractivity contribution >= 4 is 15.9 Å². The lowest BCUT2D eigenvalue weighted by molar-refractivity contribution is -0.0599. The Morgan fingerprint density at radius 3 is 2.61 bits per heavy atom. The Kier molecular flexibility index (Phi) is 5.71. The lowest BCUT2D eigenvalue weighted by Crippen LogP contribution is -2.51. The fraction of sp³-hybridized carbons (Fsp3) is 0.381. The van der Waals surface area contributed by atoms with Gasteiger partial charge < -0.3 is 15.2 Å². The van der Waals surface area contributed by atoms with Crippen molar-refractivity contribution in [1.29, 1.82) is 0 Å². The Morgan fingerprint density at radius 2 is 1.90 bits per heavy atom. The summed E-state index contributed by atoms with van der Waals surface area (Å²) in [6.07, 6.45) is -0.743. The van der Waals surface area contributed by atoms with Gasteiger partial charge in [-0.15, -0.1) is 0 Å². The largest absolute Gasteiger partial charge is 0.465 e. The highest BCUT2D eigenvalue weighted by molar-refractivity contribution is 7.90. The Labute approximate surface area is 178 Å². The second-order valence-corrected chi connectivity index (χ2v) is 9.99. The van der Waals surface area contributed by atoms with E-state index in [1.54, 1.807) is 18.2 Å². The van der Waals surface area contributed by atoms with Crippen LogP contribution in [0.15, 0.2) is 41.3 Å². The average molecular weight is 452 g/mol. The van der Waals surface area contributed by atoms with E-state index in [9.17, 15) is 27.1 Å². The van der Waals surface area contributed by atoms with Crippen LogP contribution in [0.2, 0.25) is 0 Å². The second-order valence-electron chi connectivity index (χ2n) is 7.97. The quantitative estimate of drug-likeness (QED) is 0.741. The van der Waals surface area contributed by atoms with Crippen LogP contribution in [-0.4, -0.2) is 49.5 Å². The smallest absolute Gasteiger partial charge is 0.404 e. The van der Waals surface area contributed by atoms with Crippen LogP contribution in [0.1, 0.15) is 29.2 Å². The summed E-state index contributed by atoms with van der Waals surface area (Å²) in [5.41, 5.74) is 1.86. The molecule has 2 N–H and O–H groups in total. The first-order valence-corrected chi connectivity index (χ1v) is 11.6. The number of ether oxygens (including phenoxy) is 1. The number of nitrogens with zero attached hydrogens (tertiary/aromatic N) is 1. The van der Waals surface area contributed by atoms with Gasteiger partial charge in [0, 0.05) is 31.0 Å². The molecule has 2 aliphatic rings. The van der Waals surface area contributed by atoms with E-state index in [2.05, 4.69) is 10.2 Å². The Morgan fingerprint density at radius 1 is 1.16 bits per heavy atom. The number of rotatable bonds is 4. The van der Waals surface area contributed by atoms with Crippen molar-refractivity contribution in [2.75, 3.05) is 12.9 Å². The number of sulfone groups is 1. The van der Waals surface area contributed by atoms with Crippen LogP contribution in [0.5, 0.6) is 0 Å². The number of halogens is 2. The third-order valence-corrected chi connectivity index (χ3v) is 6.91. The minimum absolute atomic E-state index is 0.0281. The molecule has 1 saturated heterocycles. The number of hydrogen-bond donors (Lipinski definition) is 2. The maximum Gasteiger partial charge on any atom is 0.404 e.